The van der Waals surface area contributed by atoms with E-state index in [1.807, 2.05) is 0 Å². The van der Waals surface area contributed by atoms with E-state index in [1.54, 1.807) is 12.1 Å². The molecule has 5 nitrogen and oxygen atoms in total. The molecule has 3 rings (SSSR count). The van der Waals surface area contributed by atoms with Gasteiger partial charge in [-0.2, -0.15) is 0 Å². The van der Waals surface area contributed by atoms with Gasteiger partial charge in [0.1, 0.15) is 5.82 Å². The van der Waals surface area contributed by atoms with Gasteiger partial charge >= 0.3 is 0 Å². The average Bonchev–Trinajstić information content (AvgIpc) is 3.01. The number of aliphatic hydroxyl groups excluding tert-OH is 1. The molecule has 0 unspecified atom stereocenters. The third-order valence-corrected chi connectivity index (χ3v) is 5.06. The third kappa shape index (κ3) is 4.32. The Morgan fingerprint density at radius 3 is 2.83 bits per heavy atom. The predicted molar refractivity (Wildman–Crippen MR) is 87.8 cm³/mol. The minimum atomic E-state index is -0.290. The summed E-state index contributed by atoms with van der Waals surface area (Å²) in [5.41, 5.74) is 0.870. The van der Waals surface area contributed by atoms with Crippen molar-refractivity contribution in [2.75, 3.05) is 26.3 Å². The maximum absolute atomic E-state index is 12.9. The molecule has 1 amide bonds. The molecule has 1 heterocycles. The van der Waals surface area contributed by atoms with Crippen LogP contribution in [-0.2, 0) is 16.1 Å². The monoisotopic (exact) mass is 336 g/mol. The number of halogens is 1. The van der Waals surface area contributed by atoms with Crippen LogP contribution in [-0.4, -0.2) is 54.4 Å². The molecule has 1 aliphatic heterocycles. The van der Waals surface area contributed by atoms with Crippen molar-refractivity contribution in [1.29, 1.82) is 0 Å². The number of morpholine rings is 1. The number of rotatable bonds is 5. The summed E-state index contributed by atoms with van der Waals surface area (Å²) < 4.78 is 18.5. The van der Waals surface area contributed by atoms with Crippen LogP contribution in [0.5, 0.6) is 0 Å². The highest BCUT2D eigenvalue weighted by molar-refractivity contribution is 5.78. The van der Waals surface area contributed by atoms with Crippen molar-refractivity contribution >= 4 is 5.91 Å². The van der Waals surface area contributed by atoms with Gasteiger partial charge in [-0.25, -0.2) is 4.39 Å². The van der Waals surface area contributed by atoms with Gasteiger partial charge in [-0.05, 0) is 30.5 Å². The lowest BCUT2D eigenvalue weighted by molar-refractivity contribution is -0.126. The second-order valence-electron chi connectivity index (χ2n) is 6.68. The molecule has 2 N–H and O–H groups in total. The molecule has 0 aromatic heterocycles. The van der Waals surface area contributed by atoms with Gasteiger partial charge in [-0.15, -0.1) is 0 Å². The Morgan fingerprint density at radius 2 is 2.12 bits per heavy atom. The molecule has 132 valence electrons. The van der Waals surface area contributed by atoms with Crippen molar-refractivity contribution in [1.82, 2.24) is 10.2 Å². The predicted octanol–water partition coefficient (Wildman–Crippen LogP) is 1.30. The molecule has 3 atom stereocenters. The van der Waals surface area contributed by atoms with E-state index >= 15 is 0 Å². The number of nitrogens with one attached hydrogen (secondary N) is 1. The Labute approximate surface area is 141 Å². The molecule has 0 bridgehead atoms. The van der Waals surface area contributed by atoms with E-state index in [4.69, 9.17) is 4.74 Å². The molecule has 1 saturated heterocycles. The van der Waals surface area contributed by atoms with Gasteiger partial charge in [0.2, 0.25) is 5.91 Å². The summed E-state index contributed by atoms with van der Waals surface area (Å²) in [4.78, 5) is 14.4. The zero-order chi connectivity index (χ0) is 16.9. The highest BCUT2D eigenvalue weighted by Gasteiger charge is 2.38. The summed E-state index contributed by atoms with van der Waals surface area (Å²) in [6.07, 6.45) is 2.57. The van der Waals surface area contributed by atoms with Crippen LogP contribution < -0.4 is 5.32 Å². The van der Waals surface area contributed by atoms with Gasteiger partial charge in [-0.3, -0.25) is 9.69 Å². The molecular formula is C18H25FN2O3. The number of aliphatic hydroxyl groups is 1. The van der Waals surface area contributed by atoms with Gasteiger partial charge in [0.15, 0.2) is 0 Å². The number of amides is 1. The lowest BCUT2D eigenvalue weighted by Crippen LogP contribution is -2.53. The molecule has 0 radical (unpaired) electrons. The number of benzene rings is 1. The summed E-state index contributed by atoms with van der Waals surface area (Å²) in [6.45, 7) is 2.59. The van der Waals surface area contributed by atoms with Crippen LogP contribution in [0.15, 0.2) is 24.3 Å². The Bertz CT molecular complexity index is 552. The van der Waals surface area contributed by atoms with Crippen molar-refractivity contribution in [2.45, 2.75) is 38.0 Å². The van der Waals surface area contributed by atoms with E-state index in [0.29, 0.717) is 32.8 Å². The Hall–Kier alpha value is -1.50. The summed E-state index contributed by atoms with van der Waals surface area (Å²) in [5.74, 6) is -0.148. The zero-order valence-corrected chi connectivity index (χ0v) is 13.8. The largest absolute Gasteiger partial charge is 0.393 e. The van der Waals surface area contributed by atoms with Crippen LogP contribution in [0.25, 0.3) is 0 Å². The molecule has 1 aliphatic carbocycles. The summed E-state index contributed by atoms with van der Waals surface area (Å²) in [5, 5.41) is 13.0. The minimum absolute atomic E-state index is 0.0567. The number of carbonyl (C=O) groups excluding carboxylic acids is 1. The van der Waals surface area contributed by atoms with E-state index in [9.17, 15) is 14.3 Å². The first kappa shape index (κ1) is 17.3. The van der Waals surface area contributed by atoms with Crippen LogP contribution in [0, 0.1) is 11.7 Å². The first-order valence-corrected chi connectivity index (χ1v) is 8.64. The SMILES string of the molecule is O=C(CN1CCOC[C@@H]1[C@H]1CCC[C@@H]1O)NCc1ccc(F)cc1. The Kier molecular flexibility index (Phi) is 5.81. The number of hydrogen-bond acceptors (Lipinski definition) is 4. The quantitative estimate of drug-likeness (QED) is 0.851. The first-order chi connectivity index (χ1) is 11.6. The van der Waals surface area contributed by atoms with E-state index in [1.165, 1.54) is 12.1 Å². The molecule has 0 spiro atoms. The normalized spacial score (nSPS) is 28.0. The van der Waals surface area contributed by atoms with Gasteiger partial charge < -0.3 is 15.2 Å². The highest BCUT2D eigenvalue weighted by Crippen LogP contribution is 2.32. The molecular weight excluding hydrogens is 311 g/mol. The fourth-order valence-electron chi connectivity index (χ4n) is 3.71. The summed E-state index contributed by atoms with van der Waals surface area (Å²) in [7, 11) is 0. The van der Waals surface area contributed by atoms with E-state index in [0.717, 1.165) is 24.8 Å². The lowest BCUT2D eigenvalue weighted by Gasteiger charge is -2.39. The molecule has 6 heteroatoms. The second-order valence-corrected chi connectivity index (χ2v) is 6.68. The number of ether oxygens (including phenoxy) is 1. The Morgan fingerprint density at radius 1 is 1.33 bits per heavy atom. The summed E-state index contributed by atoms with van der Waals surface area (Å²) in [6, 6.07) is 6.22. The average molecular weight is 336 g/mol. The van der Waals surface area contributed by atoms with Crippen molar-refractivity contribution in [3.63, 3.8) is 0 Å². The third-order valence-electron chi connectivity index (χ3n) is 5.06. The maximum Gasteiger partial charge on any atom is 0.234 e. The van der Waals surface area contributed by atoms with Gasteiger partial charge in [0.05, 0.1) is 25.9 Å². The van der Waals surface area contributed by atoms with Crippen molar-refractivity contribution in [3.05, 3.63) is 35.6 Å². The topological polar surface area (TPSA) is 61.8 Å². The van der Waals surface area contributed by atoms with E-state index in [2.05, 4.69) is 10.2 Å². The lowest BCUT2D eigenvalue weighted by atomic mass is 9.94. The first-order valence-electron chi connectivity index (χ1n) is 8.64. The standard InChI is InChI=1S/C18H25FN2O3/c19-14-6-4-13(5-7-14)10-20-18(23)11-21-8-9-24-12-16(21)15-2-1-3-17(15)22/h4-7,15-17,22H,1-3,8-12H2,(H,20,23)/t15-,16-,17+/m1/s1. The van der Waals surface area contributed by atoms with Gasteiger partial charge in [0, 0.05) is 25.0 Å². The smallest absolute Gasteiger partial charge is 0.234 e. The highest BCUT2D eigenvalue weighted by atomic mass is 19.1. The van der Waals surface area contributed by atoms with E-state index in [-0.39, 0.29) is 29.8 Å². The minimum Gasteiger partial charge on any atom is -0.393 e. The number of nitrogens with zero attached hydrogens (tertiary/aromatic N) is 1. The fraction of sp³-hybridized carbons (Fsp3) is 0.611. The molecule has 1 saturated carbocycles. The molecule has 1 aromatic carbocycles. The Balaban J connectivity index is 1.52. The van der Waals surface area contributed by atoms with Crippen molar-refractivity contribution in [3.8, 4) is 0 Å². The van der Waals surface area contributed by atoms with Crippen LogP contribution in [0.3, 0.4) is 0 Å². The van der Waals surface area contributed by atoms with E-state index < -0.39 is 0 Å². The van der Waals surface area contributed by atoms with Crippen molar-refractivity contribution < 1.29 is 19.0 Å². The van der Waals surface area contributed by atoms with Crippen molar-refractivity contribution in [2.24, 2.45) is 5.92 Å². The van der Waals surface area contributed by atoms with Crippen LogP contribution in [0.4, 0.5) is 4.39 Å². The van der Waals surface area contributed by atoms with Gasteiger partial charge in [0.25, 0.3) is 0 Å². The molecule has 2 fully saturated rings. The maximum atomic E-state index is 12.9. The van der Waals surface area contributed by atoms with Crippen LogP contribution in [0.2, 0.25) is 0 Å². The molecule has 24 heavy (non-hydrogen) atoms. The fourth-order valence-corrected chi connectivity index (χ4v) is 3.71. The van der Waals surface area contributed by atoms with Crippen LogP contribution >= 0.6 is 0 Å². The molecule has 2 aliphatic rings. The zero-order valence-electron chi connectivity index (χ0n) is 13.8. The van der Waals surface area contributed by atoms with Crippen LogP contribution in [0.1, 0.15) is 24.8 Å². The number of hydrogen-bond donors (Lipinski definition) is 2. The summed E-state index contributed by atoms with van der Waals surface area (Å²) >= 11 is 0. The second kappa shape index (κ2) is 8.05. The molecule has 1 aromatic rings. The van der Waals surface area contributed by atoms with Gasteiger partial charge in [-0.1, -0.05) is 18.6 Å². The number of carbonyl (C=O) groups is 1.